The Labute approximate surface area is 97.3 Å². The number of rotatable bonds is 5. The van der Waals surface area contributed by atoms with Gasteiger partial charge in [-0.2, -0.15) is 0 Å². The minimum atomic E-state index is -0.716. The van der Waals surface area contributed by atoms with Crippen molar-refractivity contribution in [3.8, 4) is 0 Å². The van der Waals surface area contributed by atoms with Crippen LogP contribution < -0.4 is 0 Å². The maximum absolute atomic E-state index is 10.5. The molecule has 0 saturated carbocycles. The Bertz CT molecular complexity index is 338. The molecule has 1 N–H and O–H groups in total. The summed E-state index contributed by atoms with van der Waals surface area (Å²) in [6.07, 6.45) is 1.08. The second-order valence-corrected chi connectivity index (χ2v) is 4.80. The molecule has 1 aromatic rings. The molecule has 0 aromatic heterocycles. The lowest BCUT2D eigenvalue weighted by Crippen LogP contribution is -2.07. The van der Waals surface area contributed by atoms with Crippen LogP contribution in [-0.4, -0.2) is 11.1 Å². The lowest BCUT2D eigenvalue weighted by molar-refractivity contribution is -0.137. The van der Waals surface area contributed by atoms with Crippen molar-refractivity contribution in [3.05, 3.63) is 35.4 Å². The number of carbonyl (C=O) groups is 1. The van der Waals surface area contributed by atoms with E-state index in [0.29, 0.717) is 5.92 Å². The second-order valence-electron chi connectivity index (χ2n) is 4.80. The van der Waals surface area contributed by atoms with Crippen LogP contribution in [0.1, 0.15) is 44.2 Å². The fourth-order valence-electron chi connectivity index (χ4n) is 1.81. The maximum Gasteiger partial charge on any atom is 0.303 e. The molecule has 1 aromatic carbocycles. The first-order chi connectivity index (χ1) is 7.49. The highest BCUT2D eigenvalue weighted by Gasteiger charge is 2.08. The molecule has 88 valence electrons. The van der Waals surface area contributed by atoms with Gasteiger partial charge >= 0.3 is 5.97 Å². The van der Waals surface area contributed by atoms with Gasteiger partial charge in [0.25, 0.3) is 0 Å². The Morgan fingerprint density at radius 3 is 2.19 bits per heavy atom. The van der Waals surface area contributed by atoms with Crippen LogP contribution in [0.5, 0.6) is 0 Å². The van der Waals surface area contributed by atoms with Crippen molar-refractivity contribution in [1.82, 2.24) is 0 Å². The number of aliphatic carboxylic acids is 1. The molecule has 1 rings (SSSR count). The number of hydrogen-bond donors (Lipinski definition) is 1. The molecule has 0 aliphatic heterocycles. The zero-order valence-electron chi connectivity index (χ0n) is 10.2. The van der Waals surface area contributed by atoms with Crippen molar-refractivity contribution >= 4 is 5.97 Å². The molecule has 16 heavy (non-hydrogen) atoms. The van der Waals surface area contributed by atoms with E-state index in [1.807, 2.05) is 6.92 Å². The molecule has 1 atom stereocenters. The Hall–Kier alpha value is -1.31. The lowest BCUT2D eigenvalue weighted by atomic mass is 9.95. The number of benzene rings is 1. The normalized spacial score (nSPS) is 12.8. The summed E-state index contributed by atoms with van der Waals surface area (Å²) in [6, 6.07) is 8.47. The molecule has 1 unspecified atom stereocenters. The second kappa shape index (κ2) is 5.69. The van der Waals surface area contributed by atoms with Crippen molar-refractivity contribution < 1.29 is 9.90 Å². The third-order valence-electron chi connectivity index (χ3n) is 2.75. The summed E-state index contributed by atoms with van der Waals surface area (Å²) in [5, 5.41) is 8.68. The molecule has 0 aliphatic carbocycles. The Kier molecular flexibility index (Phi) is 4.53. The summed E-state index contributed by atoms with van der Waals surface area (Å²) in [7, 11) is 0. The van der Waals surface area contributed by atoms with Crippen LogP contribution in [0, 0.1) is 5.92 Å². The van der Waals surface area contributed by atoms with Crippen molar-refractivity contribution in [2.24, 2.45) is 5.92 Å². The van der Waals surface area contributed by atoms with Gasteiger partial charge in [0.05, 0.1) is 0 Å². The SMILES string of the molecule is CC(CC(=O)O)Cc1ccc(C(C)C)cc1. The summed E-state index contributed by atoms with van der Waals surface area (Å²) < 4.78 is 0. The zero-order valence-corrected chi connectivity index (χ0v) is 10.2. The van der Waals surface area contributed by atoms with E-state index in [0.717, 1.165) is 6.42 Å². The minimum Gasteiger partial charge on any atom is -0.481 e. The smallest absolute Gasteiger partial charge is 0.303 e. The molecule has 2 heteroatoms. The van der Waals surface area contributed by atoms with E-state index in [2.05, 4.69) is 38.1 Å². The average molecular weight is 220 g/mol. The fraction of sp³-hybridized carbons (Fsp3) is 0.500. The van der Waals surface area contributed by atoms with Gasteiger partial charge < -0.3 is 5.11 Å². The van der Waals surface area contributed by atoms with Crippen molar-refractivity contribution in [2.45, 2.75) is 39.5 Å². The molecule has 0 saturated heterocycles. The van der Waals surface area contributed by atoms with E-state index in [1.165, 1.54) is 11.1 Å². The first kappa shape index (κ1) is 12.8. The van der Waals surface area contributed by atoms with E-state index >= 15 is 0 Å². The Balaban J connectivity index is 2.58. The Morgan fingerprint density at radius 1 is 1.19 bits per heavy atom. The molecule has 2 nitrogen and oxygen atoms in total. The average Bonchev–Trinajstić information content (AvgIpc) is 2.16. The Morgan fingerprint density at radius 2 is 1.75 bits per heavy atom. The van der Waals surface area contributed by atoms with Gasteiger partial charge in [0.15, 0.2) is 0 Å². The minimum absolute atomic E-state index is 0.197. The lowest BCUT2D eigenvalue weighted by Gasteiger charge is -2.10. The summed E-state index contributed by atoms with van der Waals surface area (Å²) in [6.45, 7) is 6.31. The van der Waals surface area contributed by atoms with E-state index in [4.69, 9.17) is 5.11 Å². The molecule has 0 bridgehead atoms. The van der Waals surface area contributed by atoms with E-state index in [1.54, 1.807) is 0 Å². The van der Waals surface area contributed by atoms with Gasteiger partial charge in [-0.1, -0.05) is 45.0 Å². The van der Waals surface area contributed by atoms with Crippen molar-refractivity contribution in [1.29, 1.82) is 0 Å². The third-order valence-corrected chi connectivity index (χ3v) is 2.75. The zero-order chi connectivity index (χ0) is 12.1. The summed E-state index contributed by atoms with van der Waals surface area (Å²) in [5.74, 6) is 0.0270. The summed E-state index contributed by atoms with van der Waals surface area (Å²) >= 11 is 0. The van der Waals surface area contributed by atoms with Crippen molar-refractivity contribution in [2.75, 3.05) is 0 Å². The fourth-order valence-corrected chi connectivity index (χ4v) is 1.81. The molecular formula is C14H20O2. The van der Waals surface area contributed by atoms with Gasteiger partial charge in [0.2, 0.25) is 0 Å². The van der Waals surface area contributed by atoms with Gasteiger partial charge in [-0.25, -0.2) is 0 Å². The van der Waals surface area contributed by atoms with Gasteiger partial charge in [0, 0.05) is 6.42 Å². The van der Waals surface area contributed by atoms with E-state index in [-0.39, 0.29) is 12.3 Å². The highest BCUT2D eigenvalue weighted by atomic mass is 16.4. The highest BCUT2D eigenvalue weighted by molar-refractivity contribution is 5.67. The van der Waals surface area contributed by atoms with Crippen LogP contribution in [0.3, 0.4) is 0 Å². The van der Waals surface area contributed by atoms with Crippen LogP contribution in [0.4, 0.5) is 0 Å². The van der Waals surface area contributed by atoms with Crippen LogP contribution in [-0.2, 0) is 11.2 Å². The van der Waals surface area contributed by atoms with Crippen molar-refractivity contribution in [3.63, 3.8) is 0 Å². The van der Waals surface area contributed by atoms with E-state index < -0.39 is 5.97 Å². The molecule has 0 aliphatic rings. The third kappa shape index (κ3) is 4.05. The van der Waals surface area contributed by atoms with Gasteiger partial charge in [-0.3, -0.25) is 4.79 Å². The van der Waals surface area contributed by atoms with Crippen LogP contribution >= 0.6 is 0 Å². The largest absolute Gasteiger partial charge is 0.481 e. The molecule has 0 heterocycles. The molecule has 0 spiro atoms. The highest BCUT2D eigenvalue weighted by Crippen LogP contribution is 2.17. The van der Waals surface area contributed by atoms with Gasteiger partial charge in [0.1, 0.15) is 0 Å². The summed E-state index contributed by atoms with van der Waals surface area (Å²) in [4.78, 5) is 10.5. The molecular weight excluding hydrogens is 200 g/mol. The first-order valence-electron chi connectivity index (χ1n) is 5.79. The first-order valence-corrected chi connectivity index (χ1v) is 5.79. The van der Waals surface area contributed by atoms with Gasteiger partial charge in [-0.05, 0) is 29.4 Å². The van der Waals surface area contributed by atoms with Crippen LogP contribution in [0.25, 0.3) is 0 Å². The van der Waals surface area contributed by atoms with Gasteiger partial charge in [-0.15, -0.1) is 0 Å². The number of carboxylic acids is 1. The predicted molar refractivity (Wildman–Crippen MR) is 65.7 cm³/mol. The molecule has 0 radical (unpaired) electrons. The quantitative estimate of drug-likeness (QED) is 0.825. The summed E-state index contributed by atoms with van der Waals surface area (Å²) in [5.41, 5.74) is 2.55. The molecule has 0 amide bonds. The maximum atomic E-state index is 10.5. The van der Waals surface area contributed by atoms with Crippen LogP contribution in [0.15, 0.2) is 24.3 Å². The molecule has 0 fully saturated rings. The number of carboxylic acid groups (broad SMARTS) is 1. The standard InChI is InChI=1S/C14H20O2/c1-10(2)13-6-4-12(5-7-13)8-11(3)9-14(15)16/h4-7,10-11H,8-9H2,1-3H3,(H,15,16). The number of hydrogen-bond acceptors (Lipinski definition) is 1. The van der Waals surface area contributed by atoms with Crippen LogP contribution in [0.2, 0.25) is 0 Å². The topological polar surface area (TPSA) is 37.3 Å². The van der Waals surface area contributed by atoms with E-state index in [9.17, 15) is 4.79 Å². The predicted octanol–water partition coefficient (Wildman–Crippen LogP) is 3.46. The monoisotopic (exact) mass is 220 g/mol.